The van der Waals surface area contributed by atoms with Crippen molar-refractivity contribution in [3.8, 4) is 11.3 Å². The van der Waals surface area contributed by atoms with Gasteiger partial charge >= 0.3 is 5.97 Å². The number of hydrogen-bond acceptors (Lipinski definition) is 4. The van der Waals surface area contributed by atoms with E-state index in [0.29, 0.717) is 6.61 Å². The average Bonchev–Trinajstić information content (AvgIpc) is 2.84. The van der Waals surface area contributed by atoms with Crippen LogP contribution < -0.4 is 0 Å². The van der Waals surface area contributed by atoms with Crippen molar-refractivity contribution in [2.75, 3.05) is 7.11 Å². The van der Waals surface area contributed by atoms with E-state index in [9.17, 15) is 4.79 Å². The Morgan fingerprint density at radius 2 is 2.50 bits per heavy atom. The molecule has 0 aromatic carbocycles. The lowest BCUT2D eigenvalue weighted by molar-refractivity contribution is 0.0691. The van der Waals surface area contributed by atoms with Crippen molar-refractivity contribution in [2.24, 2.45) is 0 Å². The number of carbonyl (C=O) groups is 1. The number of H-pyrrole nitrogens is 1. The first-order valence-electron chi connectivity index (χ1n) is 4.56. The Hall–Kier alpha value is -1.66. The van der Waals surface area contributed by atoms with Crippen LogP contribution in [0.15, 0.2) is 17.6 Å². The Morgan fingerprint density at radius 3 is 3.12 bits per heavy atom. The number of aromatic amines is 1. The van der Waals surface area contributed by atoms with Gasteiger partial charge < -0.3 is 14.8 Å². The highest BCUT2D eigenvalue weighted by Gasteiger charge is 2.10. The predicted molar refractivity (Wildman–Crippen MR) is 59.6 cm³/mol. The highest BCUT2D eigenvalue weighted by atomic mass is 32.1. The number of methoxy groups -OCH3 is 1. The molecule has 0 saturated heterocycles. The molecule has 2 rings (SSSR count). The second kappa shape index (κ2) is 4.46. The van der Waals surface area contributed by atoms with Gasteiger partial charge in [0.05, 0.1) is 12.3 Å². The molecular formula is C10H10N2O3S. The fraction of sp³-hybridized carbons (Fsp3) is 0.200. The zero-order valence-electron chi connectivity index (χ0n) is 8.56. The summed E-state index contributed by atoms with van der Waals surface area (Å²) in [5.41, 5.74) is 1.70. The molecule has 0 unspecified atom stereocenters. The Bertz CT molecular complexity index is 504. The van der Waals surface area contributed by atoms with Gasteiger partial charge in [-0.1, -0.05) is 0 Å². The monoisotopic (exact) mass is 238 g/mol. The first-order chi connectivity index (χ1) is 7.70. The van der Waals surface area contributed by atoms with Gasteiger partial charge in [0.1, 0.15) is 10.7 Å². The SMILES string of the molecule is COCc1nc(-c2c[nH]c(C(=O)O)c2)cs1. The fourth-order valence-electron chi connectivity index (χ4n) is 1.30. The van der Waals surface area contributed by atoms with E-state index in [0.717, 1.165) is 16.3 Å². The van der Waals surface area contributed by atoms with E-state index in [1.807, 2.05) is 5.38 Å². The lowest BCUT2D eigenvalue weighted by Crippen LogP contribution is -1.94. The number of carboxylic acid groups (broad SMARTS) is 1. The molecule has 2 N–H and O–H groups in total. The van der Waals surface area contributed by atoms with E-state index >= 15 is 0 Å². The third-order valence-electron chi connectivity index (χ3n) is 2.03. The minimum Gasteiger partial charge on any atom is -0.477 e. The van der Waals surface area contributed by atoms with Gasteiger partial charge in [0.15, 0.2) is 0 Å². The molecule has 2 heterocycles. The number of rotatable bonds is 4. The Balaban J connectivity index is 2.24. The van der Waals surface area contributed by atoms with Crippen molar-refractivity contribution < 1.29 is 14.6 Å². The van der Waals surface area contributed by atoms with Crippen molar-refractivity contribution in [3.63, 3.8) is 0 Å². The van der Waals surface area contributed by atoms with E-state index < -0.39 is 5.97 Å². The van der Waals surface area contributed by atoms with Crippen LogP contribution in [0.2, 0.25) is 0 Å². The number of thiazole rings is 1. The molecule has 0 aliphatic carbocycles. The topological polar surface area (TPSA) is 75.2 Å². The summed E-state index contributed by atoms with van der Waals surface area (Å²) in [6.07, 6.45) is 1.63. The van der Waals surface area contributed by atoms with Crippen LogP contribution in [-0.4, -0.2) is 28.2 Å². The molecule has 0 aliphatic rings. The van der Waals surface area contributed by atoms with Gasteiger partial charge in [-0.15, -0.1) is 11.3 Å². The summed E-state index contributed by atoms with van der Waals surface area (Å²) < 4.78 is 4.97. The first-order valence-corrected chi connectivity index (χ1v) is 5.44. The maximum Gasteiger partial charge on any atom is 0.352 e. The van der Waals surface area contributed by atoms with Crippen LogP contribution in [0.1, 0.15) is 15.5 Å². The third-order valence-corrected chi connectivity index (χ3v) is 2.85. The molecular weight excluding hydrogens is 228 g/mol. The average molecular weight is 238 g/mol. The van der Waals surface area contributed by atoms with Gasteiger partial charge in [-0.05, 0) is 6.07 Å². The summed E-state index contributed by atoms with van der Waals surface area (Å²) in [7, 11) is 1.61. The second-order valence-electron chi connectivity index (χ2n) is 3.17. The molecule has 2 aromatic heterocycles. The standard InChI is InChI=1S/C10H10N2O3S/c1-15-4-9-12-8(5-16-9)6-2-7(10(13)14)11-3-6/h2-3,5,11H,4H2,1H3,(H,13,14). The number of ether oxygens (including phenoxy) is 1. The molecule has 0 bridgehead atoms. The van der Waals surface area contributed by atoms with Gasteiger partial charge in [0.2, 0.25) is 0 Å². The maximum absolute atomic E-state index is 10.7. The Morgan fingerprint density at radius 1 is 1.69 bits per heavy atom. The van der Waals surface area contributed by atoms with E-state index in [1.54, 1.807) is 19.4 Å². The Kier molecular flexibility index (Phi) is 3.02. The quantitative estimate of drug-likeness (QED) is 0.854. The van der Waals surface area contributed by atoms with E-state index in [2.05, 4.69) is 9.97 Å². The molecule has 0 radical (unpaired) electrons. The van der Waals surface area contributed by atoms with Crippen LogP contribution in [0, 0.1) is 0 Å². The number of aromatic carboxylic acids is 1. The molecule has 16 heavy (non-hydrogen) atoms. The van der Waals surface area contributed by atoms with Crippen molar-refractivity contribution >= 4 is 17.3 Å². The largest absolute Gasteiger partial charge is 0.477 e. The van der Waals surface area contributed by atoms with Crippen LogP contribution in [0.4, 0.5) is 0 Å². The number of hydrogen-bond donors (Lipinski definition) is 2. The van der Waals surface area contributed by atoms with Crippen molar-refractivity contribution in [1.29, 1.82) is 0 Å². The summed E-state index contributed by atoms with van der Waals surface area (Å²) in [5, 5.41) is 11.5. The van der Waals surface area contributed by atoms with E-state index in [1.165, 1.54) is 11.3 Å². The number of nitrogens with one attached hydrogen (secondary N) is 1. The third kappa shape index (κ3) is 2.12. The molecule has 0 atom stereocenters. The zero-order valence-corrected chi connectivity index (χ0v) is 9.37. The minimum absolute atomic E-state index is 0.163. The van der Waals surface area contributed by atoms with E-state index in [-0.39, 0.29) is 5.69 Å². The lowest BCUT2D eigenvalue weighted by Gasteiger charge is -1.90. The molecule has 84 valence electrons. The summed E-state index contributed by atoms with van der Waals surface area (Å²) >= 11 is 1.49. The van der Waals surface area contributed by atoms with Crippen LogP contribution in [0.3, 0.4) is 0 Å². The highest BCUT2D eigenvalue weighted by Crippen LogP contribution is 2.22. The summed E-state index contributed by atoms with van der Waals surface area (Å²) in [6, 6.07) is 1.56. The molecule has 0 saturated carbocycles. The van der Waals surface area contributed by atoms with Crippen LogP contribution >= 0.6 is 11.3 Å². The highest BCUT2D eigenvalue weighted by molar-refractivity contribution is 7.09. The number of nitrogens with zero attached hydrogens (tertiary/aromatic N) is 1. The summed E-state index contributed by atoms with van der Waals surface area (Å²) in [5.74, 6) is -0.974. The molecule has 0 amide bonds. The van der Waals surface area contributed by atoms with Gasteiger partial charge in [0.25, 0.3) is 0 Å². The fourth-order valence-corrected chi connectivity index (χ4v) is 2.07. The van der Waals surface area contributed by atoms with Crippen LogP contribution in [-0.2, 0) is 11.3 Å². The van der Waals surface area contributed by atoms with Crippen LogP contribution in [0.25, 0.3) is 11.3 Å². The molecule has 0 fully saturated rings. The summed E-state index contributed by atoms with van der Waals surface area (Å²) in [6.45, 7) is 0.473. The minimum atomic E-state index is -0.974. The van der Waals surface area contributed by atoms with Gasteiger partial charge in [-0.2, -0.15) is 0 Å². The van der Waals surface area contributed by atoms with Gasteiger partial charge in [-0.3, -0.25) is 0 Å². The van der Waals surface area contributed by atoms with Crippen LogP contribution in [0.5, 0.6) is 0 Å². The second-order valence-corrected chi connectivity index (χ2v) is 4.11. The Labute approximate surface area is 95.7 Å². The van der Waals surface area contributed by atoms with Gasteiger partial charge in [-0.25, -0.2) is 9.78 Å². The first kappa shape index (κ1) is 10.8. The van der Waals surface area contributed by atoms with Crippen molar-refractivity contribution in [1.82, 2.24) is 9.97 Å². The zero-order chi connectivity index (χ0) is 11.5. The summed E-state index contributed by atoms with van der Waals surface area (Å²) in [4.78, 5) is 17.7. The molecule has 6 heteroatoms. The van der Waals surface area contributed by atoms with Crippen molar-refractivity contribution in [3.05, 3.63) is 28.3 Å². The number of aromatic nitrogens is 2. The molecule has 0 spiro atoms. The molecule has 0 aliphatic heterocycles. The normalized spacial score (nSPS) is 10.6. The van der Waals surface area contributed by atoms with Crippen molar-refractivity contribution in [2.45, 2.75) is 6.61 Å². The molecule has 2 aromatic rings. The van der Waals surface area contributed by atoms with E-state index in [4.69, 9.17) is 9.84 Å². The maximum atomic E-state index is 10.7. The van der Waals surface area contributed by atoms with Gasteiger partial charge in [0, 0.05) is 24.3 Å². The predicted octanol–water partition coefficient (Wildman–Crippen LogP) is 1.98. The smallest absolute Gasteiger partial charge is 0.352 e. The number of carboxylic acids is 1. The lowest BCUT2D eigenvalue weighted by atomic mass is 10.2. The molecule has 5 nitrogen and oxygen atoms in total.